The molecule has 4 N–H and O–H groups in total. The summed E-state index contributed by atoms with van der Waals surface area (Å²) < 4.78 is 24.0. The second-order valence-electron chi connectivity index (χ2n) is 5.00. The third kappa shape index (κ3) is 6.83. The number of nitrogens with zero attached hydrogens (tertiary/aromatic N) is 1. The molecule has 0 bridgehead atoms. The van der Waals surface area contributed by atoms with E-state index in [2.05, 4.69) is 10.0 Å². The molecule has 0 aromatic heterocycles. The minimum atomic E-state index is -3.23. The molecule has 116 valence electrons. The highest BCUT2D eigenvalue weighted by Gasteiger charge is 2.26. The van der Waals surface area contributed by atoms with Gasteiger partial charge in [0, 0.05) is 19.6 Å². The van der Waals surface area contributed by atoms with Crippen molar-refractivity contribution in [3.05, 3.63) is 0 Å². The number of piperidine rings is 1. The molecule has 0 aliphatic carbocycles. The number of carbonyl (C=O) groups is 2. The first kappa shape index (κ1) is 16.9. The number of primary amides is 1. The van der Waals surface area contributed by atoms with Gasteiger partial charge in [0.15, 0.2) is 0 Å². The van der Waals surface area contributed by atoms with Crippen LogP contribution >= 0.6 is 0 Å². The van der Waals surface area contributed by atoms with E-state index in [1.165, 1.54) is 0 Å². The normalized spacial score (nSPS) is 20.6. The lowest BCUT2D eigenvalue weighted by Crippen LogP contribution is -2.46. The van der Waals surface area contributed by atoms with Gasteiger partial charge in [0.05, 0.1) is 18.7 Å². The van der Waals surface area contributed by atoms with Gasteiger partial charge in [-0.25, -0.2) is 13.1 Å². The predicted octanol–water partition coefficient (Wildman–Crippen LogP) is -2.15. The second-order valence-corrected chi connectivity index (χ2v) is 6.83. The molecular formula is C11H22N4O4S. The summed E-state index contributed by atoms with van der Waals surface area (Å²) in [5.74, 6) is -0.695. The van der Waals surface area contributed by atoms with Gasteiger partial charge in [-0.3, -0.25) is 14.5 Å². The molecule has 0 saturated carbocycles. The predicted molar refractivity (Wildman–Crippen MR) is 74.2 cm³/mol. The van der Waals surface area contributed by atoms with Crippen molar-refractivity contribution in [3.8, 4) is 0 Å². The van der Waals surface area contributed by atoms with Crippen LogP contribution in [0.25, 0.3) is 0 Å². The molecule has 0 radical (unpaired) electrons. The van der Waals surface area contributed by atoms with E-state index in [4.69, 9.17) is 5.73 Å². The summed E-state index contributed by atoms with van der Waals surface area (Å²) in [6, 6.07) is 0. The van der Waals surface area contributed by atoms with Gasteiger partial charge in [-0.1, -0.05) is 0 Å². The van der Waals surface area contributed by atoms with Gasteiger partial charge in [-0.2, -0.15) is 0 Å². The van der Waals surface area contributed by atoms with Crippen LogP contribution in [0.3, 0.4) is 0 Å². The van der Waals surface area contributed by atoms with E-state index >= 15 is 0 Å². The summed E-state index contributed by atoms with van der Waals surface area (Å²) >= 11 is 0. The Bertz CT molecular complexity index is 451. The average Bonchev–Trinajstić information content (AvgIpc) is 2.32. The topological polar surface area (TPSA) is 122 Å². The third-order valence-corrected chi connectivity index (χ3v) is 3.77. The number of sulfonamides is 1. The highest BCUT2D eigenvalue weighted by atomic mass is 32.2. The van der Waals surface area contributed by atoms with E-state index < -0.39 is 15.9 Å². The van der Waals surface area contributed by atoms with Crippen molar-refractivity contribution >= 4 is 21.8 Å². The zero-order valence-corrected chi connectivity index (χ0v) is 12.4. The van der Waals surface area contributed by atoms with E-state index in [9.17, 15) is 18.0 Å². The highest BCUT2D eigenvalue weighted by molar-refractivity contribution is 7.88. The minimum absolute atomic E-state index is 0.116. The van der Waals surface area contributed by atoms with Crippen molar-refractivity contribution in [2.24, 2.45) is 11.7 Å². The van der Waals surface area contributed by atoms with Crippen LogP contribution in [-0.2, 0) is 19.6 Å². The van der Waals surface area contributed by atoms with Crippen LogP contribution in [0.1, 0.15) is 12.8 Å². The van der Waals surface area contributed by atoms with Crippen molar-refractivity contribution in [1.82, 2.24) is 14.9 Å². The van der Waals surface area contributed by atoms with Gasteiger partial charge in [-0.15, -0.1) is 0 Å². The zero-order chi connectivity index (χ0) is 15.2. The molecule has 1 fully saturated rings. The quantitative estimate of drug-likeness (QED) is 0.463. The Morgan fingerprint density at radius 1 is 1.35 bits per heavy atom. The summed E-state index contributed by atoms with van der Waals surface area (Å²) in [5, 5.41) is 2.69. The Kier molecular flexibility index (Phi) is 6.37. The summed E-state index contributed by atoms with van der Waals surface area (Å²) in [6.45, 7) is 1.86. The molecule has 1 rings (SSSR count). The van der Waals surface area contributed by atoms with Crippen LogP contribution in [0, 0.1) is 5.92 Å². The number of amides is 2. The lowest BCUT2D eigenvalue weighted by atomic mass is 9.97. The van der Waals surface area contributed by atoms with Crippen LogP contribution in [0.4, 0.5) is 0 Å². The van der Waals surface area contributed by atoms with Gasteiger partial charge in [-0.05, 0) is 19.4 Å². The molecule has 1 heterocycles. The SMILES string of the molecule is CS(=O)(=O)NCCNC(=O)[C@H]1CCCN(CC(N)=O)C1. The van der Waals surface area contributed by atoms with Crippen LogP contribution in [0.5, 0.6) is 0 Å². The molecule has 0 unspecified atom stereocenters. The number of nitrogens with two attached hydrogens (primary N) is 1. The van der Waals surface area contributed by atoms with Gasteiger partial charge in [0.1, 0.15) is 0 Å². The highest BCUT2D eigenvalue weighted by Crippen LogP contribution is 2.16. The summed E-state index contributed by atoms with van der Waals surface area (Å²) in [6.07, 6.45) is 2.67. The molecule has 1 aliphatic rings. The maximum Gasteiger partial charge on any atom is 0.231 e. The van der Waals surface area contributed by atoms with E-state index in [-0.39, 0.29) is 31.5 Å². The van der Waals surface area contributed by atoms with Crippen molar-refractivity contribution in [1.29, 1.82) is 0 Å². The fourth-order valence-corrected chi connectivity index (χ4v) is 2.67. The molecule has 9 heteroatoms. The lowest BCUT2D eigenvalue weighted by molar-refractivity contribution is -0.128. The average molecular weight is 306 g/mol. The molecular weight excluding hydrogens is 284 g/mol. The molecule has 2 amide bonds. The van der Waals surface area contributed by atoms with Gasteiger partial charge >= 0.3 is 0 Å². The van der Waals surface area contributed by atoms with Gasteiger partial charge < -0.3 is 11.1 Å². The smallest absolute Gasteiger partial charge is 0.231 e. The molecule has 0 aromatic rings. The summed E-state index contributed by atoms with van der Waals surface area (Å²) in [5.41, 5.74) is 5.14. The first-order valence-corrected chi connectivity index (χ1v) is 8.40. The number of likely N-dealkylation sites (tertiary alicyclic amines) is 1. The molecule has 8 nitrogen and oxygen atoms in total. The molecule has 1 saturated heterocycles. The Balaban J connectivity index is 2.30. The van der Waals surface area contributed by atoms with E-state index in [1.807, 2.05) is 4.90 Å². The molecule has 20 heavy (non-hydrogen) atoms. The van der Waals surface area contributed by atoms with Gasteiger partial charge in [0.25, 0.3) is 0 Å². The number of carbonyl (C=O) groups excluding carboxylic acids is 2. The molecule has 0 spiro atoms. The monoisotopic (exact) mass is 306 g/mol. The number of hydrogen-bond donors (Lipinski definition) is 3. The Hall–Kier alpha value is -1.19. The van der Waals surface area contributed by atoms with Gasteiger partial charge in [0.2, 0.25) is 21.8 Å². The second kappa shape index (κ2) is 7.55. The number of rotatable bonds is 7. The van der Waals surface area contributed by atoms with E-state index in [0.717, 1.165) is 25.6 Å². The third-order valence-electron chi connectivity index (χ3n) is 3.04. The largest absolute Gasteiger partial charge is 0.369 e. The fraction of sp³-hybridized carbons (Fsp3) is 0.818. The Morgan fingerprint density at radius 3 is 2.65 bits per heavy atom. The van der Waals surface area contributed by atoms with Crippen LogP contribution in [-0.4, -0.2) is 64.1 Å². The molecule has 0 aromatic carbocycles. The lowest BCUT2D eigenvalue weighted by Gasteiger charge is -2.30. The summed E-state index contributed by atoms with van der Waals surface area (Å²) in [7, 11) is -3.23. The maximum absolute atomic E-state index is 11.9. The van der Waals surface area contributed by atoms with E-state index in [0.29, 0.717) is 6.54 Å². The van der Waals surface area contributed by atoms with Crippen molar-refractivity contribution in [2.45, 2.75) is 12.8 Å². The Morgan fingerprint density at radius 2 is 2.05 bits per heavy atom. The standard InChI is InChI=1S/C11H22N4O4S/c1-20(18,19)14-5-4-13-11(17)9-3-2-6-15(7-9)8-10(12)16/h9,14H,2-8H2,1H3,(H2,12,16)(H,13,17)/t9-/m0/s1. The number of nitrogens with one attached hydrogen (secondary N) is 2. The minimum Gasteiger partial charge on any atom is -0.369 e. The molecule has 1 aliphatic heterocycles. The fourth-order valence-electron chi connectivity index (χ4n) is 2.20. The zero-order valence-electron chi connectivity index (χ0n) is 11.6. The Labute approximate surface area is 119 Å². The maximum atomic E-state index is 11.9. The van der Waals surface area contributed by atoms with Crippen LogP contribution < -0.4 is 15.8 Å². The van der Waals surface area contributed by atoms with Crippen molar-refractivity contribution in [3.63, 3.8) is 0 Å². The summed E-state index contributed by atoms with van der Waals surface area (Å²) in [4.78, 5) is 24.7. The van der Waals surface area contributed by atoms with E-state index in [1.54, 1.807) is 0 Å². The van der Waals surface area contributed by atoms with Crippen LogP contribution in [0.15, 0.2) is 0 Å². The first-order valence-electron chi connectivity index (χ1n) is 6.51. The number of hydrogen-bond acceptors (Lipinski definition) is 5. The molecule has 1 atom stereocenters. The van der Waals surface area contributed by atoms with Crippen LogP contribution in [0.2, 0.25) is 0 Å². The van der Waals surface area contributed by atoms with Crippen molar-refractivity contribution < 1.29 is 18.0 Å². The first-order chi connectivity index (χ1) is 9.28. The van der Waals surface area contributed by atoms with Crippen molar-refractivity contribution in [2.75, 3.05) is 39.0 Å².